The zero-order chi connectivity index (χ0) is 8.27. The van der Waals surface area contributed by atoms with Gasteiger partial charge in [-0.05, 0) is 6.92 Å². The molecule has 1 rings (SSSR count). The average Bonchev–Trinajstić information content (AvgIpc) is 2.32. The number of nitrogens with one attached hydrogen (secondary N) is 2. The summed E-state index contributed by atoms with van der Waals surface area (Å²) in [7, 11) is 1.79. The van der Waals surface area contributed by atoms with Crippen molar-refractivity contribution in [2.45, 2.75) is 6.92 Å². The van der Waals surface area contributed by atoms with E-state index in [9.17, 15) is 0 Å². The van der Waals surface area contributed by atoms with Crippen LogP contribution in [0.2, 0.25) is 0 Å². The molecule has 0 aliphatic heterocycles. The van der Waals surface area contributed by atoms with Crippen molar-refractivity contribution in [2.75, 3.05) is 24.3 Å². The molecule has 0 bridgehead atoms. The fourth-order valence-corrected chi connectivity index (χ4v) is 0.951. The van der Waals surface area contributed by atoms with Crippen molar-refractivity contribution >= 4 is 5.82 Å². The Morgan fingerprint density at radius 3 is 2.91 bits per heavy atom. The van der Waals surface area contributed by atoms with Gasteiger partial charge >= 0.3 is 0 Å². The highest BCUT2D eigenvalue weighted by Crippen LogP contribution is 2.16. The molecule has 0 fully saturated rings. The highest BCUT2D eigenvalue weighted by molar-refractivity contribution is 5.44. The van der Waals surface area contributed by atoms with E-state index in [-0.39, 0.29) is 5.75 Å². The maximum Gasteiger partial charge on any atom is 0.137 e. The fourth-order valence-electron chi connectivity index (χ4n) is 0.951. The first-order valence-electron chi connectivity index (χ1n) is 3.61. The normalized spacial score (nSPS) is 9.64. The van der Waals surface area contributed by atoms with Crippen LogP contribution in [-0.2, 0) is 0 Å². The molecule has 0 saturated heterocycles. The van der Waals surface area contributed by atoms with Gasteiger partial charge in [-0.3, -0.25) is 0 Å². The number of rotatable bonds is 3. The van der Waals surface area contributed by atoms with Gasteiger partial charge in [0, 0.05) is 19.7 Å². The highest BCUT2D eigenvalue weighted by Gasteiger charge is 2.00. The van der Waals surface area contributed by atoms with E-state index in [1.54, 1.807) is 24.0 Å². The van der Waals surface area contributed by atoms with Crippen molar-refractivity contribution in [1.29, 1.82) is 0 Å². The zero-order valence-corrected chi connectivity index (χ0v) is 6.76. The van der Waals surface area contributed by atoms with Crippen LogP contribution < -0.4 is 10.7 Å². The first kappa shape index (κ1) is 7.78. The Hall–Kier alpha value is -1.32. The van der Waals surface area contributed by atoms with E-state index in [0.717, 1.165) is 12.4 Å². The molecule has 0 spiro atoms. The lowest BCUT2D eigenvalue weighted by Crippen LogP contribution is -2.11. The second-order valence-corrected chi connectivity index (χ2v) is 2.21. The van der Waals surface area contributed by atoms with Gasteiger partial charge in [0.15, 0.2) is 0 Å². The Morgan fingerprint density at radius 1 is 1.64 bits per heavy atom. The molecule has 0 atom stereocenters. The van der Waals surface area contributed by atoms with E-state index < -0.39 is 0 Å². The summed E-state index contributed by atoms with van der Waals surface area (Å²) < 4.78 is 1.72. The molecule has 0 aromatic carbocycles. The minimum Gasteiger partial charge on any atom is -0.506 e. The average molecular weight is 155 g/mol. The van der Waals surface area contributed by atoms with Crippen LogP contribution in [0, 0.1) is 0 Å². The summed E-state index contributed by atoms with van der Waals surface area (Å²) in [5, 5.41) is 12.2. The summed E-state index contributed by atoms with van der Waals surface area (Å²) in [5.74, 6) is 1.13. The fraction of sp³-hybridized carbons (Fsp3) is 0.429. The van der Waals surface area contributed by atoms with Gasteiger partial charge < -0.3 is 15.8 Å². The van der Waals surface area contributed by atoms with E-state index >= 15 is 0 Å². The largest absolute Gasteiger partial charge is 0.506 e. The van der Waals surface area contributed by atoms with Gasteiger partial charge in [-0.25, -0.2) is 4.68 Å². The number of aromatic nitrogens is 1. The molecule has 4 nitrogen and oxygen atoms in total. The maximum absolute atomic E-state index is 9.09. The lowest BCUT2D eigenvalue weighted by atomic mass is 10.5. The third-order valence-corrected chi connectivity index (χ3v) is 1.40. The number of hydrogen-bond donors (Lipinski definition) is 3. The molecule has 1 heterocycles. The Morgan fingerprint density at radius 2 is 2.36 bits per heavy atom. The SMILES string of the molecule is CCNc1cc(O)cn1NC. The molecule has 0 aliphatic rings. The van der Waals surface area contributed by atoms with Gasteiger partial charge in [0.1, 0.15) is 11.6 Å². The summed E-state index contributed by atoms with van der Waals surface area (Å²) in [6.45, 7) is 2.84. The molecule has 4 heteroatoms. The third-order valence-electron chi connectivity index (χ3n) is 1.40. The van der Waals surface area contributed by atoms with Crippen molar-refractivity contribution in [3.05, 3.63) is 12.3 Å². The monoisotopic (exact) mass is 155 g/mol. The Balaban J connectivity index is 2.83. The van der Waals surface area contributed by atoms with Gasteiger partial charge in [-0.15, -0.1) is 0 Å². The predicted octanol–water partition coefficient (Wildman–Crippen LogP) is 0.799. The molecule has 1 aromatic rings. The lowest BCUT2D eigenvalue weighted by Gasteiger charge is -2.07. The number of aromatic hydroxyl groups is 1. The third kappa shape index (κ3) is 1.58. The minimum atomic E-state index is 0.260. The maximum atomic E-state index is 9.09. The van der Waals surface area contributed by atoms with E-state index in [1.165, 1.54) is 0 Å². The lowest BCUT2D eigenvalue weighted by molar-refractivity contribution is 0.475. The summed E-state index contributed by atoms with van der Waals surface area (Å²) in [6, 6.07) is 1.67. The summed E-state index contributed by atoms with van der Waals surface area (Å²) in [5.41, 5.74) is 2.90. The standard InChI is InChI=1S/C7H13N3O/c1-3-9-7-4-6(11)5-10(7)8-2/h4-5,8-9,11H,3H2,1-2H3. The zero-order valence-electron chi connectivity index (χ0n) is 6.76. The second kappa shape index (κ2) is 3.18. The molecule has 62 valence electrons. The van der Waals surface area contributed by atoms with Gasteiger partial charge in [0.05, 0.1) is 6.20 Å². The van der Waals surface area contributed by atoms with Crippen LogP contribution in [0.4, 0.5) is 5.82 Å². The van der Waals surface area contributed by atoms with Crippen molar-refractivity contribution in [2.24, 2.45) is 0 Å². The predicted molar refractivity (Wildman–Crippen MR) is 45.5 cm³/mol. The van der Waals surface area contributed by atoms with Gasteiger partial charge in [0.25, 0.3) is 0 Å². The van der Waals surface area contributed by atoms with Crippen LogP contribution >= 0.6 is 0 Å². The molecular weight excluding hydrogens is 142 g/mol. The first-order valence-corrected chi connectivity index (χ1v) is 3.61. The molecule has 0 saturated carbocycles. The summed E-state index contributed by atoms with van der Waals surface area (Å²) in [4.78, 5) is 0. The highest BCUT2D eigenvalue weighted by atomic mass is 16.3. The van der Waals surface area contributed by atoms with E-state index in [2.05, 4.69) is 10.7 Å². The topological polar surface area (TPSA) is 49.2 Å². The molecule has 11 heavy (non-hydrogen) atoms. The van der Waals surface area contributed by atoms with Crippen molar-refractivity contribution in [3.8, 4) is 5.75 Å². The van der Waals surface area contributed by atoms with Crippen molar-refractivity contribution in [1.82, 2.24) is 4.68 Å². The van der Waals surface area contributed by atoms with Gasteiger partial charge in [-0.2, -0.15) is 0 Å². The molecule has 0 aliphatic carbocycles. The van der Waals surface area contributed by atoms with Crippen molar-refractivity contribution < 1.29 is 5.11 Å². The van der Waals surface area contributed by atoms with Crippen LogP contribution in [0.25, 0.3) is 0 Å². The molecule has 3 N–H and O–H groups in total. The molecule has 0 radical (unpaired) electrons. The van der Waals surface area contributed by atoms with Crippen LogP contribution in [-0.4, -0.2) is 23.4 Å². The summed E-state index contributed by atoms with van der Waals surface area (Å²) >= 11 is 0. The molecule has 1 aromatic heterocycles. The van der Waals surface area contributed by atoms with Gasteiger partial charge in [0.2, 0.25) is 0 Å². The Bertz CT molecular complexity index is 232. The Kier molecular flexibility index (Phi) is 2.25. The van der Waals surface area contributed by atoms with Crippen molar-refractivity contribution in [3.63, 3.8) is 0 Å². The number of anilines is 1. The summed E-state index contributed by atoms with van der Waals surface area (Å²) in [6.07, 6.45) is 1.61. The van der Waals surface area contributed by atoms with Gasteiger partial charge in [-0.1, -0.05) is 0 Å². The van der Waals surface area contributed by atoms with E-state index in [4.69, 9.17) is 5.11 Å². The molecule has 0 unspecified atom stereocenters. The van der Waals surface area contributed by atoms with Crippen LogP contribution in [0.15, 0.2) is 12.3 Å². The number of hydrogen-bond acceptors (Lipinski definition) is 3. The van der Waals surface area contributed by atoms with Crippen LogP contribution in [0.1, 0.15) is 6.92 Å². The van der Waals surface area contributed by atoms with Crippen LogP contribution in [0.5, 0.6) is 5.75 Å². The first-order chi connectivity index (χ1) is 5.27. The van der Waals surface area contributed by atoms with E-state index in [0.29, 0.717) is 0 Å². The molecular formula is C7H13N3O. The second-order valence-electron chi connectivity index (χ2n) is 2.21. The smallest absolute Gasteiger partial charge is 0.137 e. The number of nitrogens with zero attached hydrogens (tertiary/aromatic N) is 1. The minimum absolute atomic E-state index is 0.260. The van der Waals surface area contributed by atoms with E-state index in [1.807, 2.05) is 6.92 Å². The van der Waals surface area contributed by atoms with Crippen LogP contribution in [0.3, 0.4) is 0 Å². The quantitative estimate of drug-likeness (QED) is 0.605. The molecule has 0 amide bonds. The Labute approximate surface area is 65.8 Å².